The first-order chi connectivity index (χ1) is 21.5. The van der Waals surface area contributed by atoms with Crippen molar-refractivity contribution < 1.29 is 9.59 Å². The van der Waals surface area contributed by atoms with E-state index in [1.54, 1.807) is 17.0 Å². The van der Waals surface area contributed by atoms with E-state index >= 15 is 0 Å². The van der Waals surface area contributed by atoms with E-state index in [2.05, 4.69) is 16.4 Å². The van der Waals surface area contributed by atoms with Gasteiger partial charge in [0.2, 0.25) is 5.91 Å². The summed E-state index contributed by atoms with van der Waals surface area (Å²) in [7, 11) is 3.70. The second kappa shape index (κ2) is 13.7. The average molecular weight is 649 g/mol. The van der Waals surface area contributed by atoms with Crippen LogP contribution >= 0.6 is 23.2 Å². The number of hydrogen-bond donors (Lipinski definition) is 1. The molecule has 2 saturated heterocycles. The summed E-state index contributed by atoms with van der Waals surface area (Å²) in [4.78, 5) is 33.3. The van der Waals surface area contributed by atoms with Gasteiger partial charge in [-0.25, -0.2) is 4.90 Å². The van der Waals surface area contributed by atoms with Crippen molar-refractivity contribution in [3.8, 4) is 6.19 Å². The normalized spacial score (nSPS) is 18.6. The Balaban J connectivity index is 1.41. The zero-order valence-electron chi connectivity index (χ0n) is 26.7. The number of nitriles is 1. The van der Waals surface area contributed by atoms with Gasteiger partial charge in [-0.1, -0.05) is 65.7 Å². The lowest BCUT2D eigenvalue weighted by atomic mass is 9.78. The minimum atomic E-state index is -0.961. The summed E-state index contributed by atoms with van der Waals surface area (Å²) < 4.78 is 0. The zero-order valence-corrected chi connectivity index (χ0v) is 28.2. The molecule has 0 spiro atoms. The Bertz CT molecular complexity index is 1600. The summed E-state index contributed by atoms with van der Waals surface area (Å²) in [6.45, 7) is 7.26. The quantitative estimate of drug-likeness (QED) is 0.210. The van der Waals surface area contributed by atoms with Crippen LogP contribution in [-0.4, -0.2) is 72.3 Å². The van der Waals surface area contributed by atoms with Crippen molar-refractivity contribution in [3.63, 3.8) is 0 Å². The van der Waals surface area contributed by atoms with Gasteiger partial charge < -0.3 is 10.2 Å². The highest BCUT2D eigenvalue weighted by atomic mass is 35.5. The molecule has 1 atom stereocenters. The first kappa shape index (κ1) is 33.2. The molecule has 5 rings (SSSR count). The number of hydrogen-bond acceptors (Lipinski definition) is 5. The lowest BCUT2D eigenvalue weighted by molar-refractivity contribution is -0.145. The number of nitrogens with one attached hydrogen (secondary N) is 1. The highest BCUT2D eigenvalue weighted by Gasteiger charge is 2.47. The van der Waals surface area contributed by atoms with Crippen molar-refractivity contribution in [2.75, 3.05) is 40.3 Å². The summed E-state index contributed by atoms with van der Waals surface area (Å²) >= 11 is 12.8. The molecule has 0 radical (unpaired) electrons. The smallest absolute Gasteiger partial charge is 0.268 e. The van der Waals surface area contributed by atoms with Gasteiger partial charge in [-0.05, 0) is 119 Å². The number of carbonyl (C=O) groups excluding carboxylic acids is 2. The Hall–Kier alpha value is -3.15. The molecular weight excluding hydrogens is 605 g/mol. The molecule has 3 aromatic rings. The maximum absolute atomic E-state index is 14.4. The van der Waals surface area contributed by atoms with Gasteiger partial charge in [0.25, 0.3) is 5.91 Å². The van der Waals surface area contributed by atoms with Gasteiger partial charge in [-0.15, -0.1) is 0 Å². The van der Waals surface area contributed by atoms with Crippen LogP contribution in [0.4, 0.5) is 0 Å². The fraction of sp³-hybridized carbons (Fsp3) is 0.472. The van der Waals surface area contributed by atoms with Crippen molar-refractivity contribution in [3.05, 3.63) is 81.3 Å². The molecule has 0 bridgehead atoms. The maximum atomic E-state index is 14.4. The summed E-state index contributed by atoms with van der Waals surface area (Å²) in [6, 6.07) is 17.1. The lowest BCUT2D eigenvalue weighted by Crippen LogP contribution is -2.64. The molecule has 2 aliphatic heterocycles. The Kier molecular flexibility index (Phi) is 10.1. The number of piperidine rings is 2. The Morgan fingerprint density at radius 2 is 1.73 bits per heavy atom. The number of likely N-dealkylation sites (tertiary alicyclic amines) is 1. The third-order valence-corrected chi connectivity index (χ3v) is 10.9. The fourth-order valence-corrected chi connectivity index (χ4v) is 7.73. The third kappa shape index (κ3) is 6.44. The number of aryl methyl sites for hydroxylation is 1. The second-order valence-corrected chi connectivity index (χ2v) is 13.9. The molecule has 9 heteroatoms. The zero-order chi connectivity index (χ0) is 32.4. The molecule has 45 heavy (non-hydrogen) atoms. The minimum Gasteiger partial charge on any atom is -0.347 e. The Labute approximate surface area is 277 Å². The molecule has 2 aliphatic rings. The van der Waals surface area contributed by atoms with Crippen LogP contribution in [0.15, 0.2) is 54.6 Å². The van der Waals surface area contributed by atoms with Crippen molar-refractivity contribution in [1.82, 2.24) is 20.0 Å². The number of halogens is 2. The van der Waals surface area contributed by atoms with Crippen LogP contribution in [0.5, 0.6) is 0 Å². The van der Waals surface area contributed by atoms with E-state index in [4.69, 9.17) is 23.2 Å². The topological polar surface area (TPSA) is 79.7 Å². The van der Waals surface area contributed by atoms with E-state index < -0.39 is 11.1 Å². The van der Waals surface area contributed by atoms with Gasteiger partial charge >= 0.3 is 0 Å². The SMILES string of the molecule is Cc1ccc2ccccc2c1C(=O)N(C#N)C(C)(CCC1CCN(C2(C(=O)N(C)C)CCNCC2)CC1)c1ccc(Cl)c(Cl)c1. The molecule has 2 heterocycles. The Morgan fingerprint density at radius 3 is 2.38 bits per heavy atom. The lowest BCUT2D eigenvalue weighted by Gasteiger charge is -2.49. The van der Waals surface area contributed by atoms with Gasteiger partial charge in [0, 0.05) is 14.1 Å². The van der Waals surface area contributed by atoms with E-state index in [0.717, 1.165) is 80.2 Å². The number of likely N-dealkylation sites (N-methyl/N-ethyl adjacent to an activating group) is 1. The fourth-order valence-electron chi connectivity index (χ4n) is 7.43. The van der Waals surface area contributed by atoms with Gasteiger partial charge in [-0.2, -0.15) is 5.26 Å². The van der Waals surface area contributed by atoms with Crippen LogP contribution in [-0.2, 0) is 10.3 Å². The predicted molar refractivity (Wildman–Crippen MR) is 181 cm³/mol. The number of benzene rings is 3. The second-order valence-electron chi connectivity index (χ2n) is 13.1. The van der Waals surface area contributed by atoms with E-state index in [1.165, 1.54) is 4.90 Å². The molecule has 0 aliphatic carbocycles. The molecule has 7 nitrogen and oxygen atoms in total. The summed E-state index contributed by atoms with van der Waals surface area (Å²) in [5.74, 6) is 0.262. The number of rotatable bonds is 8. The van der Waals surface area contributed by atoms with Crippen molar-refractivity contribution >= 4 is 45.8 Å². The number of fused-ring (bicyclic) bond motifs is 1. The first-order valence-corrected chi connectivity index (χ1v) is 16.6. The van der Waals surface area contributed by atoms with Crippen molar-refractivity contribution in [1.29, 1.82) is 5.26 Å². The van der Waals surface area contributed by atoms with Crippen LogP contribution in [0, 0.1) is 24.3 Å². The maximum Gasteiger partial charge on any atom is 0.268 e. The van der Waals surface area contributed by atoms with Crippen LogP contribution in [0.2, 0.25) is 10.0 Å². The number of amides is 2. The minimum absolute atomic E-state index is 0.196. The highest BCUT2D eigenvalue weighted by molar-refractivity contribution is 6.42. The predicted octanol–water partition coefficient (Wildman–Crippen LogP) is 7.00. The summed E-state index contributed by atoms with van der Waals surface area (Å²) in [5, 5.41) is 16.6. The van der Waals surface area contributed by atoms with Gasteiger partial charge in [0.1, 0.15) is 5.54 Å². The number of nitrogens with zero attached hydrogens (tertiary/aromatic N) is 4. The molecule has 238 valence electrons. The molecule has 2 fully saturated rings. The molecule has 3 aromatic carbocycles. The van der Waals surface area contributed by atoms with Crippen molar-refractivity contribution in [2.45, 2.75) is 63.5 Å². The summed E-state index contributed by atoms with van der Waals surface area (Å²) in [6.07, 6.45) is 7.22. The van der Waals surface area contributed by atoms with E-state index in [9.17, 15) is 14.9 Å². The highest BCUT2D eigenvalue weighted by Crippen LogP contribution is 2.41. The van der Waals surface area contributed by atoms with Gasteiger partial charge in [0.05, 0.1) is 21.1 Å². The van der Waals surface area contributed by atoms with Crippen LogP contribution in [0.3, 0.4) is 0 Å². The first-order valence-electron chi connectivity index (χ1n) is 15.9. The standard InChI is InChI=1S/C36H43Cl2N5O2/c1-25-9-10-27-7-5-6-8-29(27)32(25)33(44)43(24-39)35(2,28-11-12-30(37)31(38)23-28)16-13-26-14-21-42(22-15-26)36(34(45)41(3)4)17-19-40-20-18-36/h5-12,23,26,40H,13-22H2,1-4H3. The average Bonchev–Trinajstić information content (AvgIpc) is 3.05. The molecule has 0 aromatic heterocycles. The van der Waals surface area contributed by atoms with Crippen LogP contribution in [0.25, 0.3) is 10.8 Å². The molecule has 2 amide bonds. The van der Waals surface area contributed by atoms with E-state index in [1.807, 2.05) is 70.4 Å². The Morgan fingerprint density at radius 1 is 1.04 bits per heavy atom. The van der Waals surface area contributed by atoms with Crippen molar-refractivity contribution in [2.24, 2.45) is 5.92 Å². The van der Waals surface area contributed by atoms with Crippen LogP contribution in [0.1, 0.15) is 66.9 Å². The molecule has 0 saturated carbocycles. The van der Waals surface area contributed by atoms with Gasteiger partial charge in [0.15, 0.2) is 6.19 Å². The molecular formula is C36H43Cl2N5O2. The monoisotopic (exact) mass is 647 g/mol. The van der Waals surface area contributed by atoms with E-state index in [-0.39, 0.29) is 11.8 Å². The largest absolute Gasteiger partial charge is 0.347 e. The van der Waals surface area contributed by atoms with Gasteiger partial charge in [-0.3, -0.25) is 14.5 Å². The van der Waals surface area contributed by atoms with E-state index in [0.29, 0.717) is 27.9 Å². The number of carbonyl (C=O) groups is 2. The summed E-state index contributed by atoms with van der Waals surface area (Å²) in [5.41, 5.74) is 0.716. The molecule has 1 unspecified atom stereocenters. The molecule has 1 N–H and O–H groups in total. The third-order valence-electron chi connectivity index (χ3n) is 10.2. The van der Waals surface area contributed by atoms with Crippen LogP contribution < -0.4 is 5.32 Å².